The molecule has 0 saturated heterocycles. The molecule has 4 heteroatoms. The molecule has 0 aliphatic carbocycles. The van der Waals surface area contributed by atoms with Crippen molar-refractivity contribution in [2.45, 2.75) is 12.8 Å². The Balaban J connectivity index is 1.70. The second kappa shape index (κ2) is 8.81. The Bertz CT molecular complexity index is 915. The first-order valence-electron chi connectivity index (χ1n) is 8.70. The average molecular weight is 360 g/mol. The highest BCUT2D eigenvalue weighted by molar-refractivity contribution is 5.93. The maximum absolute atomic E-state index is 12.6. The quantitative estimate of drug-likeness (QED) is 0.480. The molecule has 0 aliphatic rings. The summed E-state index contributed by atoms with van der Waals surface area (Å²) >= 11 is 0. The molecule has 0 atom stereocenters. The van der Waals surface area contributed by atoms with E-state index in [0.29, 0.717) is 16.9 Å². The summed E-state index contributed by atoms with van der Waals surface area (Å²) in [6.07, 6.45) is 1.59. The number of esters is 2. The third-order valence-corrected chi connectivity index (χ3v) is 4.25. The van der Waals surface area contributed by atoms with Crippen LogP contribution < -0.4 is 4.74 Å². The van der Waals surface area contributed by atoms with E-state index in [2.05, 4.69) is 16.9 Å². The highest BCUT2D eigenvalue weighted by atomic mass is 16.5. The SMILES string of the molecule is COC(=O)c1ccc(OC(=O)c2ccccc2CCc2ccccc2)cc1. The zero-order valence-electron chi connectivity index (χ0n) is 15.1. The van der Waals surface area contributed by atoms with Crippen LogP contribution in [0.2, 0.25) is 0 Å². The van der Waals surface area contributed by atoms with Crippen LogP contribution in [0.25, 0.3) is 0 Å². The van der Waals surface area contributed by atoms with Crippen LogP contribution in [-0.2, 0) is 17.6 Å². The normalized spacial score (nSPS) is 10.3. The number of rotatable bonds is 6. The lowest BCUT2D eigenvalue weighted by Gasteiger charge is -2.10. The standard InChI is InChI=1S/C23H20O4/c1-26-22(24)19-13-15-20(16-14-19)27-23(25)21-10-6-5-9-18(21)12-11-17-7-3-2-4-8-17/h2-10,13-16H,11-12H2,1H3. The highest BCUT2D eigenvalue weighted by Gasteiger charge is 2.14. The Morgan fingerprint density at radius 3 is 2.11 bits per heavy atom. The summed E-state index contributed by atoms with van der Waals surface area (Å²) in [6.45, 7) is 0. The number of hydrogen-bond acceptors (Lipinski definition) is 4. The Hall–Kier alpha value is -3.40. The number of ether oxygens (including phenoxy) is 2. The lowest BCUT2D eigenvalue weighted by molar-refractivity contribution is 0.0600. The van der Waals surface area contributed by atoms with Crippen LogP contribution in [0.4, 0.5) is 0 Å². The summed E-state index contributed by atoms with van der Waals surface area (Å²) in [6, 6.07) is 23.9. The zero-order valence-corrected chi connectivity index (χ0v) is 15.1. The summed E-state index contributed by atoms with van der Waals surface area (Å²) in [5.41, 5.74) is 3.11. The first-order valence-corrected chi connectivity index (χ1v) is 8.70. The Kier molecular flexibility index (Phi) is 6.00. The van der Waals surface area contributed by atoms with E-state index in [0.717, 1.165) is 18.4 Å². The van der Waals surface area contributed by atoms with Crippen molar-refractivity contribution in [1.29, 1.82) is 0 Å². The van der Waals surface area contributed by atoms with Crippen LogP contribution in [0.1, 0.15) is 31.8 Å². The highest BCUT2D eigenvalue weighted by Crippen LogP contribution is 2.18. The van der Waals surface area contributed by atoms with E-state index in [4.69, 9.17) is 4.74 Å². The van der Waals surface area contributed by atoms with Gasteiger partial charge in [-0.3, -0.25) is 0 Å². The van der Waals surface area contributed by atoms with Crippen molar-refractivity contribution >= 4 is 11.9 Å². The van der Waals surface area contributed by atoms with Crippen molar-refractivity contribution < 1.29 is 19.1 Å². The second-order valence-corrected chi connectivity index (χ2v) is 6.05. The van der Waals surface area contributed by atoms with Gasteiger partial charge in [-0.05, 0) is 54.3 Å². The topological polar surface area (TPSA) is 52.6 Å². The van der Waals surface area contributed by atoms with Gasteiger partial charge in [0.1, 0.15) is 5.75 Å². The molecule has 3 rings (SSSR count). The molecule has 3 aromatic rings. The van der Waals surface area contributed by atoms with E-state index in [1.165, 1.54) is 12.7 Å². The molecule has 0 aliphatic heterocycles. The van der Waals surface area contributed by atoms with Crippen LogP contribution >= 0.6 is 0 Å². The monoisotopic (exact) mass is 360 g/mol. The van der Waals surface area contributed by atoms with Gasteiger partial charge < -0.3 is 9.47 Å². The van der Waals surface area contributed by atoms with Gasteiger partial charge in [-0.25, -0.2) is 9.59 Å². The van der Waals surface area contributed by atoms with Crippen molar-refractivity contribution in [2.75, 3.05) is 7.11 Å². The summed E-state index contributed by atoms with van der Waals surface area (Å²) < 4.78 is 10.1. The molecular formula is C23H20O4. The first kappa shape index (κ1) is 18.4. The molecule has 0 aromatic heterocycles. The Labute approximate surface area is 158 Å². The van der Waals surface area contributed by atoms with Crippen molar-refractivity contribution in [2.24, 2.45) is 0 Å². The molecule has 0 bridgehead atoms. The number of hydrogen-bond donors (Lipinski definition) is 0. The van der Waals surface area contributed by atoms with Gasteiger partial charge in [-0.15, -0.1) is 0 Å². The second-order valence-electron chi connectivity index (χ2n) is 6.05. The van der Waals surface area contributed by atoms with Crippen LogP contribution in [-0.4, -0.2) is 19.0 Å². The van der Waals surface area contributed by atoms with Gasteiger partial charge in [0.15, 0.2) is 0 Å². The minimum absolute atomic E-state index is 0.380. The van der Waals surface area contributed by atoms with E-state index in [-0.39, 0.29) is 0 Å². The minimum Gasteiger partial charge on any atom is -0.465 e. The van der Waals surface area contributed by atoms with Gasteiger partial charge in [-0.1, -0.05) is 48.5 Å². The predicted octanol–water partition coefficient (Wildman–Crippen LogP) is 4.48. The maximum Gasteiger partial charge on any atom is 0.343 e. The third-order valence-electron chi connectivity index (χ3n) is 4.25. The molecule has 0 fully saturated rings. The summed E-state index contributed by atoms with van der Waals surface area (Å²) in [4.78, 5) is 24.1. The summed E-state index contributed by atoms with van der Waals surface area (Å²) in [5, 5.41) is 0. The van der Waals surface area contributed by atoms with Crippen molar-refractivity contribution in [1.82, 2.24) is 0 Å². The van der Waals surface area contributed by atoms with Gasteiger partial charge >= 0.3 is 11.9 Å². The van der Waals surface area contributed by atoms with Gasteiger partial charge in [0.25, 0.3) is 0 Å². The number of methoxy groups -OCH3 is 1. The first-order chi connectivity index (χ1) is 13.2. The lowest BCUT2D eigenvalue weighted by atomic mass is 10.00. The van der Waals surface area contributed by atoms with Gasteiger partial charge in [-0.2, -0.15) is 0 Å². The van der Waals surface area contributed by atoms with Crippen molar-refractivity contribution in [3.63, 3.8) is 0 Å². The van der Waals surface area contributed by atoms with Crippen LogP contribution in [0.15, 0.2) is 78.9 Å². The number of benzene rings is 3. The molecule has 0 heterocycles. The largest absolute Gasteiger partial charge is 0.465 e. The molecule has 0 N–H and O–H groups in total. The van der Waals surface area contributed by atoms with E-state index in [1.54, 1.807) is 30.3 Å². The molecule has 27 heavy (non-hydrogen) atoms. The van der Waals surface area contributed by atoms with E-state index in [9.17, 15) is 9.59 Å². The maximum atomic E-state index is 12.6. The van der Waals surface area contributed by atoms with Crippen molar-refractivity contribution in [3.05, 3.63) is 101 Å². The molecular weight excluding hydrogens is 340 g/mol. The molecule has 0 unspecified atom stereocenters. The molecule has 0 saturated carbocycles. The number of carbonyl (C=O) groups excluding carboxylic acids is 2. The fourth-order valence-corrected chi connectivity index (χ4v) is 2.80. The third kappa shape index (κ3) is 4.82. The lowest BCUT2D eigenvalue weighted by Crippen LogP contribution is -2.12. The average Bonchev–Trinajstić information content (AvgIpc) is 2.73. The van der Waals surface area contributed by atoms with Crippen LogP contribution in [0.5, 0.6) is 5.75 Å². The fourth-order valence-electron chi connectivity index (χ4n) is 2.80. The number of aryl methyl sites for hydroxylation is 2. The van der Waals surface area contributed by atoms with E-state index in [1.807, 2.05) is 36.4 Å². The molecule has 3 aromatic carbocycles. The minimum atomic E-state index is -0.431. The molecule has 0 spiro atoms. The summed E-state index contributed by atoms with van der Waals surface area (Å²) in [7, 11) is 1.32. The molecule has 136 valence electrons. The molecule has 4 nitrogen and oxygen atoms in total. The van der Waals surface area contributed by atoms with Gasteiger partial charge in [0.2, 0.25) is 0 Å². The Morgan fingerprint density at radius 2 is 1.41 bits per heavy atom. The fraction of sp³-hybridized carbons (Fsp3) is 0.130. The van der Waals surface area contributed by atoms with Crippen molar-refractivity contribution in [3.8, 4) is 5.75 Å². The van der Waals surface area contributed by atoms with Crippen LogP contribution in [0, 0.1) is 0 Å². The summed E-state index contributed by atoms with van der Waals surface area (Å²) in [5.74, 6) is -0.464. The zero-order chi connectivity index (χ0) is 19.1. The molecule has 0 amide bonds. The Morgan fingerprint density at radius 1 is 0.741 bits per heavy atom. The predicted molar refractivity (Wildman–Crippen MR) is 103 cm³/mol. The molecule has 0 radical (unpaired) electrons. The van der Waals surface area contributed by atoms with E-state index >= 15 is 0 Å². The van der Waals surface area contributed by atoms with Crippen LogP contribution in [0.3, 0.4) is 0 Å². The van der Waals surface area contributed by atoms with E-state index < -0.39 is 11.9 Å². The smallest absolute Gasteiger partial charge is 0.343 e. The van der Waals surface area contributed by atoms with Gasteiger partial charge in [0.05, 0.1) is 18.2 Å². The van der Waals surface area contributed by atoms with Gasteiger partial charge in [0, 0.05) is 0 Å². The number of carbonyl (C=O) groups is 2.